The van der Waals surface area contributed by atoms with Crippen molar-refractivity contribution in [3.63, 3.8) is 0 Å². The van der Waals surface area contributed by atoms with Crippen LogP contribution in [0.3, 0.4) is 0 Å². The molecule has 1 amide bonds. The van der Waals surface area contributed by atoms with Crippen LogP contribution in [-0.2, 0) is 10.0 Å². The Labute approximate surface area is 143 Å². The van der Waals surface area contributed by atoms with Gasteiger partial charge in [0, 0.05) is 5.69 Å². The van der Waals surface area contributed by atoms with E-state index < -0.39 is 10.0 Å². The molecule has 0 aliphatic carbocycles. The van der Waals surface area contributed by atoms with Crippen molar-refractivity contribution in [2.24, 2.45) is 0 Å². The van der Waals surface area contributed by atoms with Gasteiger partial charge in [0.15, 0.2) is 5.78 Å². The number of Topliss-reactive ketones (excluding diaryl/α,β-unsaturated/α-hetero) is 1. The highest BCUT2D eigenvalue weighted by molar-refractivity contribution is 7.92. The van der Waals surface area contributed by atoms with Crippen LogP contribution in [0.5, 0.6) is 5.75 Å². The van der Waals surface area contributed by atoms with Crippen LogP contribution < -0.4 is 14.8 Å². The molecule has 2 aromatic rings. The van der Waals surface area contributed by atoms with E-state index in [1.54, 1.807) is 24.3 Å². The summed E-state index contributed by atoms with van der Waals surface area (Å²) in [6, 6.07) is 7.74. The van der Waals surface area contributed by atoms with Gasteiger partial charge in [-0.05, 0) is 37.3 Å². The Bertz CT molecular complexity index is 887. The van der Waals surface area contributed by atoms with Crippen LogP contribution in [0.4, 0.5) is 11.4 Å². The SMILES string of the molecule is COc1ccc(NC(=O)c2ccc(C(C)=O)s2)cc1NS(C)(=O)=O. The summed E-state index contributed by atoms with van der Waals surface area (Å²) < 4.78 is 30.2. The molecular formula is C15H16N2O5S2. The largest absolute Gasteiger partial charge is 0.495 e. The number of rotatable bonds is 6. The molecule has 1 aromatic carbocycles. The molecule has 1 aromatic heterocycles. The van der Waals surface area contributed by atoms with Gasteiger partial charge in [-0.2, -0.15) is 0 Å². The highest BCUT2D eigenvalue weighted by Crippen LogP contribution is 2.29. The summed E-state index contributed by atoms with van der Waals surface area (Å²) in [4.78, 5) is 24.4. The predicted molar refractivity (Wildman–Crippen MR) is 93.7 cm³/mol. The molecule has 2 N–H and O–H groups in total. The smallest absolute Gasteiger partial charge is 0.265 e. The molecule has 0 fully saturated rings. The lowest BCUT2D eigenvalue weighted by molar-refractivity contribution is 0.101. The number of carbonyl (C=O) groups is 2. The summed E-state index contributed by atoms with van der Waals surface area (Å²) in [7, 11) is -2.08. The Hall–Kier alpha value is -2.39. The van der Waals surface area contributed by atoms with Crippen molar-refractivity contribution >= 4 is 44.4 Å². The Morgan fingerprint density at radius 2 is 1.79 bits per heavy atom. The van der Waals surface area contributed by atoms with Crippen molar-refractivity contribution in [1.29, 1.82) is 0 Å². The van der Waals surface area contributed by atoms with E-state index >= 15 is 0 Å². The molecule has 1 heterocycles. The number of ether oxygens (including phenoxy) is 1. The maximum Gasteiger partial charge on any atom is 0.265 e. The summed E-state index contributed by atoms with van der Waals surface area (Å²) in [5.41, 5.74) is 0.609. The fourth-order valence-corrected chi connectivity index (χ4v) is 3.26. The molecule has 128 valence electrons. The van der Waals surface area contributed by atoms with Crippen molar-refractivity contribution in [3.8, 4) is 5.75 Å². The van der Waals surface area contributed by atoms with Crippen molar-refractivity contribution in [3.05, 3.63) is 40.1 Å². The summed E-state index contributed by atoms with van der Waals surface area (Å²) in [5, 5.41) is 2.66. The van der Waals surface area contributed by atoms with E-state index in [9.17, 15) is 18.0 Å². The average Bonchev–Trinajstić information content (AvgIpc) is 2.96. The number of anilines is 2. The first-order valence-corrected chi connectivity index (χ1v) is 9.48. The fraction of sp³-hybridized carbons (Fsp3) is 0.200. The topological polar surface area (TPSA) is 102 Å². The Morgan fingerprint density at radius 3 is 2.33 bits per heavy atom. The number of nitrogens with one attached hydrogen (secondary N) is 2. The molecule has 0 unspecified atom stereocenters. The van der Waals surface area contributed by atoms with E-state index in [2.05, 4.69) is 10.0 Å². The average molecular weight is 368 g/mol. The van der Waals surface area contributed by atoms with E-state index in [0.29, 0.717) is 21.2 Å². The second-order valence-electron chi connectivity index (χ2n) is 4.96. The molecule has 0 aliphatic rings. The van der Waals surface area contributed by atoms with Gasteiger partial charge in [0.1, 0.15) is 5.75 Å². The highest BCUT2D eigenvalue weighted by atomic mass is 32.2. The van der Waals surface area contributed by atoms with E-state index in [1.165, 1.54) is 20.1 Å². The molecule has 0 saturated carbocycles. The Kier molecular flexibility index (Phi) is 5.25. The lowest BCUT2D eigenvalue weighted by Crippen LogP contribution is -2.13. The minimum absolute atomic E-state index is 0.108. The predicted octanol–water partition coefficient (Wildman–Crippen LogP) is 2.58. The zero-order valence-electron chi connectivity index (χ0n) is 13.2. The number of hydrogen-bond donors (Lipinski definition) is 2. The van der Waals surface area contributed by atoms with Crippen molar-refractivity contribution in [2.75, 3.05) is 23.4 Å². The van der Waals surface area contributed by atoms with Crippen LogP contribution in [-0.4, -0.2) is 33.5 Å². The zero-order chi connectivity index (χ0) is 17.9. The van der Waals surface area contributed by atoms with Gasteiger partial charge in [0.05, 0.1) is 28.8 Å². The van der Waals surface area contributed by atoms with E-state index in [1.807, 2.05) is 0 Å². The third-order valence-electron chi connectivity index (χ3n) is 2.93. The number of sulfonamides is 1. The van der Waals surface area contributed by atoms with Gasteiger partial charge in [0.2, 0.25) is 10.0 Å². The molecule has 0 saturated heterocycles. The van der Waals surface area contributed by atoms with Crippen LogP contribution >= 0.6 is 11.3 Å². The number of carbonyl (C=O) groups excluding carboxylic acids is 2. The summed E-state index contributed by atoms with van der Waals surface area (Å²) in [6.07, 6.45) is 1.02. The van der Waals surface area contributed by atoms with E-state index in [0.717, 1.165) is 17.6 Å². The van der Waals surface area contributed by atoms with Crippen LogP contribution in [0.2, 0.25) is 0 Å². The number of amides is 1. The van der Waals surface area contributed by atoms with Crippen molar-refractivity contribution in [1.82, 2.24) is 0 Å². The molecule has 2 rings (SSSR count). The molecule has 9 heteroatoms. The summed E-state index contributed by atoms with van der Waals surface area (Å²) in [6.45, 7) is 1.43. The third kappa shape index (κ3) is 4.56. The zero-order valence-corrected chi connectivity index (χ0v) is 14.9. The second kappa shape index (κ2) is 7.02. The summed E-state index contributed by atoms with van der Waals surface area (Å²) in [5.74, 6) is -0.167. The number of benzene rings is 1. The lowest BCUT2D eigenvalue weighted by Gasteiger charge is -2.12. The van der Waals surface area contributed by atoms with Gasteiger partial charge in [-0.1, -0.05) is 0 Å². The van der Waals surface area contributed by atoms with Gasteiger partial charge in [0.25, 0.3) is 5.91 Å². The van der Waals surface area contributed by atoms with Crippen LogP contribution in [0.25, 0.3) is 0 Å². The van der Waals surface area contributed by atoms with E-state index in [-0.39, 0.29) is 17.4 Å². The van der Waals surface area contributed by atoms with Crippen LogP contribution in [0.15, 0.2) is 30.3 Å². The Morgan fingerprint density at radius 1 is 1.12 bits per heavy atom. The first-order chi connectivity index (χ1) is 11.2. The van der Waals surface area contributed by atoms with Crippen LogP contribution in [0.1, 0.15) is 26.3 Å². The molecule has 0 aliphatic heterocycles. The number of methoxy groups -OCH3 is 1. The third-order valence-corrected chi connectivity index (χ3v) is 4.71. The summed E-state index contributed by atoms with van der Waals surface area (Å²) >= 11 is 1.09. The standard InChI is InChI=1S/C15H16N2O5S2/c1-9(18)13-6-7-14(23-13)15(19)16-10-4-5-12(22-2)11(8-10)17-24(3,20)21/h4-8,17H,1-3H3,(H,16,19). The van der Waals surface area contributed by atoms with Gasteiger partial charge < -0.3 is 10.1 Å². The minimum Gasteiger partial charge on any atom is -0.495 e. The molecule has 24 heavy (non-hydrogen) atoms. The quantitative estimate of drug-likeness (QED) is 0.763. The number of ketones is 1. The lowest BCUT2D eigenvalue weighted by atomic mass is 10.2. The van der Waals surface area contributed by atoms with Gasteiger partial charge in [-0.15, -0.1) is 11.3 Å². The maximum atomic E-state index is 12.2. The molecule has 0 spiro atoms. The molecule has 0 bridgehead atoms. The first-order valence-electron chi connectivity index (χ1n) is 6.77. The molecule has 7 nitrogen and oxygen atoms in total. The fourth-order valence-electron chi connectivity index (χ4n) is 1.91. The van der Waals surface area contributed by atoms with Gasteiger partial charge in [-0.25, -0.2) is 8.42 Å². The van der Waals surface area contributed by atoms with Crippen molar-refractivity contribution in [2.45, 2.75) is 6.92 Å². The monoisotopic (exact) mass is 368 g/mol. The van der Waals surface area contributed by atoms with Gasteiger partial charge in [-0.3, -0.25) is 14.3 Å². The maximum absolute atomic E-state index is 12.2. The number of hydrogen-bond acceptors (Lipinski definition) is 6. The normalized spacial score (nSPS) is 11.0. The minimum atomic E-state index is -3.49. The number of thiophene rings is 1. The van der Waals surface area contributed by atoms with Crippen molar-refractivity contribution < 1.29 is 22.7 Å². The highest BCUT2D eigenvalue weighted by Gasteiger charge is 2.14. The van der Waals surface area contributed by atoms with Gasteiger partial charge >= 0.3 is 0 Å². The molecule has 0 radical (unpaired) electrons. The Balaban J connectivity index is 2.24. The van der Waals surface area contributed by atoms with Crippen LogP contribution in [0, 0.1) is 0 Å². The first kappa shape index (κ1) is 18.0. The van der Waals surface area contributed by atoms with E-state index in [4.69, 9.17) is 4.74 Å². The molecule has 0 atom stereocenters. The molecular weight excluding hydrogens is 352 g/mol. The second-order valence-corrected chi connectivity index (χ2v) is 7.80.